The number of aliphatic hydroxyl groups is 1. The minimum atomic E-state index is -0.509. The van der Waals surface area contributed by atoms with Gasteiger partial charge >= 0.3 is 0 Å². The zero-order chi connectivity index (χ0) is 27.1. The zero-order valence-electron chi connectivity index (χ0n) is 20.6. The summed E-state index contributed by atoms with van der Waals surface area (Å²) in [5, 5.41) is 31.1. The first-order chi connectivity index (χ1) is 18.4. The lowest BCUT2D eigenvalue weighted by Gasteiger charge is -2.14. The van der Waals surface area contributed by atoms with Crippen molar-refractivity contribution in [2.24, 2.45) is 0 Å². The van der Waals surface area contributed by atoms with Gasteiger partial charge in [0.2, 0.25) is 5.88 Å². The van der Waals surface area contributed by atoms with E-state index in [-0.39, 0.29) is 42.0 Å². The minimum absolute atomic E-state index is 0.0154. The maximum absolute atomic E-state index is 12.7. The highest BCUT2D eigenvalue weighted by molar-refractivity contribution is 6.03. The van der Waals surface area contributed by atoms with Gasteiger partial charge in [-0.1, -0.05) is 6.07 Å². The second-order valence-corrected chi connectivity index (χ2v) is 8.09. The molecule has 0 fully saturated rings. The molecule has 0 bridgehead atoms. The fourth-order valence-electron chi connectivity index (χ4n) is 3.62. The summed E-state index contributed by atoms with van der Waals surface area (Å²) in [6.07, 6.45) is 2.80. The lowest BCUT2D eigenvalue weighted by atomic mass is 9.98. The van der Waals surface area contributed by atoms with Crippen molar-refractivity contribution < 1.29 is 19.4 Å². The third kappa shape index (κ3) is 5.95. The van der Waals surface area contributed by atoms with Crippen LogP contribution in [-0.2, 0) is 0 Å². The fraction of sp³-hybridized carbons (Fsp3) is 0.148. The lowest BCUT2D eigenvalue weighted by Crippen LogP contribution is -2.19. The summed E-state index contributed by atoms with van der Waals surface area (Å²) in [6, 6.07) is 15.6. The number of aliphatic hydroxyl groups excluding tert-OH is 1. The molecule has 4 aromatic rings. The number of ether oxygens (including phenoxy) is 1. The molecule has 2 amide bonds. The van der Waals surface area contributed by atoms with Crippen LogP contribution >= 0.6 is 0 Å². The Morgan fingerprint density at radius 2 is 1.89 bits per heavy atom. The average molecular weight is 510 g/mol. The second-order valence-electron chi connectivity index (χ2n) is 8.09. The first-order valence-electron chi connectivity index (χ1n) is 11.5. The molecule has 0 aliphatic carbocycles. The van der Waals surface area contributed by atoms with Gasteiger partial charge in [0, 0.05) is 30.6 Å². The summed E-state index contributed by atoms with van der Waals surface area (Å²) in [6.45, 7) is 1.79. The van der Waals surface area contributed by atoms with E-state index < -0.39 is 5.91 Å². The van der Waals surface area contributed by atoms with Crippen LogP contribution in [0.15, 0.2) is 60.9 Å². The van der Waals surface area contributed by atoms with Gasteiger partial charge in [0.15, 0.2) is 5.69 Å². The van der Waals surface area contributed by atoms with Crippen molar-refractivity contribution in [3.8, 4) is 34.3 Å². The number of amides is 2. The molecule has 3 N–H and O–H groups in total. The molecule has 11 nitrogen and oxygen atoms in total. The molecule has 0 radical (unpaired) electrons. The number of rotatable bonds is 8. The van der Waals surface area contributed by atoms with Crippen molar-refractivity contribution in [2.75, 3.05) is 25.6 Å². The van der Waals surface area contributed by atoms with E-state index >= 15 is 0 Å². The fourth-order valence-corrected chi connectivity index (χ4v) is 3.62. The van der Waals surface area contributed by atoms with Gasteiger partial charge in [-0.25, -0.2) is 4.98 Å². The maximum Gasteiger partial charge on any atom is 0.276 e. The van der Waals surface area contributed by atoms with Crippen LogP contribution in [0.5, 0.6) is 5.88 Å². The number of anilines is 1. The third-order valence-electron chi connectivity index (χ3n) is 5.48. The van der Waals surface area contributed by atoms with Crippen LogP contribution in [0.1, 0.15) is 32.1 Å². The first-order valence-corrected chi connectivity index (χ1v) is 11.5. The number of pyridine rings is 2. The van der Waals surface area contributed by atoms with E-state index in [1.54, 1.807) is 30.3 Å². The standard InChI is InChI=1S/C27H23N7O4/c1-16-3-4-20(32-27(37)24-9-17(14-28)15-31-34-24)13-21(16)19-11-22(33-25(12-19)38-8-7-35)18-5-6-30-23(10-18)26(36)29-2/h3-6,9-13,15,35H,7-8H2,1-2H3,(H,29,36)(H,32,37). The van der Waals surface area contributed by atoms with E-state index in [4.69, 9.17) is 10.00 Å². The molecular formula is C27H23N7O4. The topological polar surface area (TPSA) is 163 Å². The monoisotopic (exact) mass is 509 g/mol. The van der Waals surface area contributed by atoms with Crippen LogP contribution in [0.2, 0.25) is 0 Å². The van der Waals surface area contributed by atoms with E-state index in [1.807, 2.05) is 25.1 Å². The largest absolute Gasteiger partial charge is 0.475 e. The predicted molar refractivity (Wildman–Crippen MR) is 138 cm³/mol. The quantitative estimate of drug-likeness (QED) is 0.324. The molecule has 3 heterocycles. The first kappa shape index (κ1) is 25.9. The second kappa shape index (κ2) is 11.7. The van der Waals surface area contributed by atoms with Gasteiger partial charge in [-0.15, -0.1) is 5.10 Å². The summed E-state index contributed by atoms with van der Waals surface area (Å²) in [7, 11) is 1.53. The van der Waals surface area contributed by atoms with Crippen LogP contribution in [0.25, 0.3) is 22.4 Å². The van der Waals surface area contributed by atoms with Gasteiger partial charge < -0.3 is 20.5 Å². The number of aromatic nitrogens is 4. The maximum atomic E-state index is 12.7. The summed E-state index contributed by atoms with van der Waals surface area (Å²) in [5.74, 6) is -0.559. The molecule has 0 atom stereocenters. The molecule has 0 spiro atoms. The molecule has 38 heavy (non-hydrogen) atoms. The number of nitrogens with one attached hydrogen (secondary N) is 2. The number of nitrogens with zero attached hydrogens (tertiary/aromatic N) is 5. The van der Waals surface area contributed by atoms with Crippen LogP contribution in [0, 0.1) is 18.3 Å². The van der Waals surface area contributed by atoms with Crippen molar-refractivity contribution in [3.05, 3.63) is 83.4 Å². The van der Waals surface area contributed by atoms with Crippen LogP contribution in [-0.4, -0.2) is 57.3 Å². The van der Waals surface area contributed by atoms with E-state index in [0.29, 0.717) is 16.9 Å². The van der Waals surface area contributed by atoms with Crippen LogP contribution < -0.4 is 15.4 Å². The number of hydrogen-bond acceptors (Lipinski definition) is 9. The molecule has 11 heteroatoms. The molecule has 3 aromatic heterocycles. The minimum Gasteiger partial charge on any atom is -0.475 e. The Kier molecular flexibility index (Phi) is 7.95. The van der Waals surface area contributed by atoms with Gasteiger partial charge in [-0.05, 0) is 60.0 Å². The molecular weight excluding hydrogens is 486 g/mol. The van der Waals surface area contributed by atoms with Crippen molar-refractivity contribution in [1.82, 2.24) is 25.5 Å². The Labute approximate surface area is 218 Å². The van der Waals surface area contributed by atoms with Gasteiger partial charge in [-0.3, -0.25) is 14.6 Å². The molecule has 0 saturated carbocycles. The van der Waals surface area contributed by atoms with Crippen molar-refractivity contribution >= 4 is 17.5 Å². The molecule has 0 aliphatic rings. The van der Waals surface area contributed by atoms with Crippen molar-refractivity contribution in [1.29, 1.82) is 5.26 Å². The Morgan fingerprint density at radius 1 is 1.05 bits per heavy atom. The van der Waals surface area contributed by atoms with E-state index in [9.17, 15) is 14.7 Å². The molecule has 0 saturated heterocycles. The highest BCUT2D eigenvalue weighted by atomic mass is 16.5. The highest BCUT2D eigenvalue weighted by Gasteiger charge is 2.15. The Morgan fingerprint density at radius 3 is 2.66 bits per heavy atom. The summed E-state index contributed by atoms with van der Waals surface area (Å²) < 4.78 is 5.63. The molecule has 0 aliphatic heterocycles. The Balaban J connectivity index is 1.73. The van der Waals surface area contributed by atoms with Crippen LogP contribution in [0.4, 0.5) is 5.69 Å². The van der Waals surface area contributed by atoms with Gasteiger partial charge in [0.05, 0.1) is 24.1 Å². The average Bonchev–Trinajstić information content (AvgIpc) is 2.96. The number of carbonyl (C=O) groups is 2. The molecule has 0 unspecified atom stereocenters. The number of nitriles is 1. The summed E-state index contributed by atoms with van der Waals surface area (Å²) in [4.78, 5) is 33.5. The predicted octanol–water partition coefficient (Wildman–Crippen LogP) is 2.76. The molecule has 1 aromatic carbocycles. The summed E-state index contributed by atoms with van der Waals surface area (Å²) in [5.41, 5.74) is 4.60. The SMILES string of the molecule is CNC(=O)c1cc(-c2cc(-c3cc(NC(=O)c4cc(C#N)cnn4)ccc3C)cc(OCCO)n2)ccn1. The van der Waals surface area contributed by atoms with Crippen LogP contribution in [0.3, 0.4) is 0 Å². The number of hydrogen-bond donors (Lipinski definition) is 3. The Hall–Kier alpha value is -5.21. The van der Waals surface area contributed by atoms with Crippen molar-refractivity contribution in [3.63, 3.8) is 0 Å². The van der Waals surface area contributed by atoms with Gasteiger partial charge in [0.25, 0.3) is 11.8 Å². The number of aryl methyl sites for hydroxylation is 1. The lowest BCUT2D eigenvalue weighted by molar-refractivity contribution is 0.0957. The molecule has 190 valence electrons. The Bertz CT molecular complexity index is 1550. The normalized spacial score (nSPS) is 10.4. The zero-order valence-corrected chi connectivity index (χ0v) is 20.6. The van der Waals surface area contributed by atoms with E-state index in [0.717, 1.165) is 16.7 Å². The highest BCUT2D eigenvalue weighted by Crippen LogP contribution is 2.32. The number of benzene rings is 1. The van der Waals surface area contributed by atoms with Gasteiger partial charge in [0.1, 0.15) is 18.4 Å². The molecule has 4 rings (SSSR count). The number of carbonyl (C=O) groups excluding carboxylic acids is 2. The van der Waals surface area contributed by atoms with E-state index in [1.165, 1.54) is 25.5 Å². The van der Waals surface area contributed by atoms with Gasteiger partial charge in [-0.2, -0.15) is 10.4 Å². The van der Waals surface area contributed by atoms with E-state index in [2.05, 4.69) is 30.8 Å². The smallest absolute Gasteiger partial charge is 0.276 e. The van der Waals surface area contributed by atoms with Crippen molar-refractivity contribution in [2.45, 2.75) is 6.92 Å². The summed E-state index contributed by atoms with van der Waals surface area (Å²) >= 11 is 0. The third-order valence-corrected chi connectivity index (χ3v) is 5.48.